The molecule has 1 aliphatic heterocycles. The number of hydrogen-bond donors (Lipinski definition) is 1. The van der Waals surface area contributed by atoms with Crippen LogP contribution < -0.4 is 5.73 Å². The van der Waals surface area contributed by atoms with E-state index < -0.39 is 0 Å². The predicted molar refractivity (Wildman–Crippen MR) is 108 cm³/mol. The maximum Gasteiger partial charge on any atom is 0.236 e. The smallest absolute Gasteiger partial charge is 0.236 e. The van der Waals surface area contributed by atoms with E-state index in [-0.39, 0.29) is 24.1 Å². The molecule has 0 bridgehead atoms. The molecule has 0 saturated carbocycles. The number of hydrogen-bond acceptors (Lipinski definition) is 3. The van der Waals surface area contributed by atoms with Gasteiger partial charge in [-0.1, -0.05) is 42.5 Å². The first-order chi connectivity index (χ1) is 12.6. The van der Waals surface area contributed by atoms with Gasteiger partial charge in [0.05, 0.1) is 6.54 Å². The van der Waals surface area contributed by atoms with Gasteiger partial charge in [-0.05, 0) is 35.7 Å². The van der Waals surface area contributed by atoms with Crippen molar-refractivity contribution >= 4 is 18.3 Å². The molecule has 6 heteroatoms. The number of halogens is 2. The summed E-state index contributed by atoms with van der Waals surface area (Å²) in [6, 6.07) is 16.7. The third kappa shape index (κ3) is 5.51. The first-order valence-corrected chi connectivity index (χ1v) is 9.02. The molecule has 2 N–H and O–H groups in total. The number of likely N-dealkylation sites (N-methyl/N-ethyl adjacent to an activating group) is 1. The molecule has 0 radical (unpaired) electrons. The van der Waals surface area contributed by atoms with Crippen LogP contribution in [0.15, 0.2) is 54.6 Å². The molecular formula is C21H27ClFN3O. The highest BCUT2D eigenvalue weighted by Crippen LogP contribution is 2.31. The maximum atomic E-state index is 13.0. The molecule has 1 aliphatic rings. The fourth-order valence-corrected chi connectivity index (χ4v) is 3.67. The lowest BCUT2D eigenvalue weighted by molar-refractivity contribution is -0.131. The summed E-state index contributed by atoms with van der Waals surface area (Å²) in [5, 5.41) is 0. The van der Waals surface area contributed by atoms with E-state index in [1.165, 1.54) is 17.7 Å². The van der Waals surface area contributed by atoms with Gasteiger partial charge >= 0.3 is 0 Å². The average molecular weight is 392 g/mol. The molecule has 1 fully saturated rings. The van der Waals surface area contributed by atoms with Crippen molar-refractivity contribution in [1.29, 1.82) is 0 Å². The van der Waals surface area contributed by atoms with E-state index >= 15 is 0 Å². The van der Waals surface area contributed by atoms with Crippen LogP contribution in [0.1, 0.15) is 17.0 Å². The molecule has 146 valence electrons. The number of nitrogens with zero attached hydrogens (tertiary/aromatic N) is 2. The van der Waals surface area contributed by atoms with E-state index in [1.807, 2.05) is 18.2 Å². The molecule has 2 aromatic carbocycles. The van der Waals surface area contributed by atoms with Crippen LogP contribution in [0.3, 0.4) is 0 Å². The molecule has 2 atom stereocenters. The lowest BCUT2D eigenvalue weighted by Gasteiger charge is -2.22. The predicted octanol–water partition coefficient (Wildman–Crippen LogP) is 2.88. The minimum absolute atomic E-state index is 0. The largest absolute Gasteiger partial charge is 0.340 e. The SMILES string of the molecule is CN(Cc1ccc(F)cc1)C(=O)CN1C[C@@H](CN)[C@H](c2ccccc2)C1.Cl. The zero-order valence-electron chi connectivity index (χ0n) is 15.6. The van der Waals surface area contributed by atoms with E-state index in [2.05, 4.69) is 17.0 Å². The Bertz CT molecular complexity index is 726. The second-order valence-corrected chi connectivity index (χ2v) is 7.08. The van der Waals surface area contributed by atoms with Crippen LogP contribution >= 0.6 is 12.4 Å². The Kier molecular flexibility index (Phi) is 7.78. The van der Waals surface area contributed by atoms with Crippen LogP contribution in [-0.2, 0) is 11.3 Å². The van der Waals surface area contributed by atoms with Gasteiger partial charge in [0.25, 0.3) is 0 Å². The normalized spacial score (nSPS) is 19.5. The van der Waals surface area contributed by atoms with E-state index in [0.29, 0.717) is 31.5 Å². The van der Waals surface area contributed by atoms with Crippen LogP contribution in [0.2, 0.25) is 0 Å². The lowest BCUT2D eigenvalue weighted by atomic mass is 9.89. The fraction of sp³-hybridized carbons (Fsp3) is 0.381. The number of carbonyl (C=O) groups is 1. The minimum Gasteiger partial charge on any atom is -0.340 e. The first-order valence-electron chi connectivity index (χ1n) is 9.02. The summed E-state index contributed by atoms with van der Waals surface area (Å²) in [6.45, 7) is 3.18. The van der Waals surface area contributed by atoms with Crippen LogP contribution in [0.4, 0.5) is 4.39 Å². The summed E-state index contributed by atoms with van der Waals surface area (Å²) >= 11 is 0. The Morgan fingerprint density at radius 3 is 2.44 bits per heavy atom. The van der Waals surface area contributed by atoms with Gasteiger partial charge in [0.1, 0.15) is 5.82 Å². The van der Waals surface area contributed by atoms with Gasteiger partial charge in [-0.15, -0.1) is 12.4 Å². The molecule has 0 aromatic heterocycles. The highest BCUT2D eigenvalue weighted by atomic mass is 35.5. The third-order valence-corrected chi connectivity index (χ3v) is 5.16. The molecule has 0 aliphatic carbocycles. The van der Waals surface area contributed by atoms with Crippen molar-refractivity contribution in [3.05, 3.63) is 71.5 Å². The first kappa shape index (κ1) is 21.4. The van der Waals surface area contributed by atoms with Crippen molar-refractivity contribution in [2.24, 2.45) is 11.7 Å². The van der Waals surface area contributed by atoms with E-state index in [4.69, 9.17) is 5.73 Å². The molecule has 0 spiro atoms. The average Bonchev–Trinajstić information content (AvgIpc) is 3.07. The van der Waals surface area contributed by atoms with Gasteiger partial charge in [-0.25, -0.2) is 4.39 Å². The Balaban J connectivity index is 0.00000261. The summed E-state index contributed by atoms with van der Waals surface area (Å²) in [5.41, 5.74) is 8.19. The second-order valence-electron chi connectivity index (χ2n) is 7.08. The summed E-state index contributed by atoms with van der Waals surface area (Å²) in [7, 11) is 1.79. The minimum atomic E-state index is -0.264. The molecule has 1 amide bonds. The summed E-state index contributed by atoms with van der Waals surface area (Å²) in [4.78, 5) is 16.5. The zero-order valence-corrected chi connectivity index (χ0v) is 16.4. The summed E-state index contributed by atoms with van der Waals surface area (Å²) < 4.78 is 13.0. The number of carbonyl (C=O) groups excluding carboxylic acids is 1. The van der Waals surface area contributed by atoms with Crippen molar-refractivity contribution in [2.75, 3.05) is 33.2 Å². The highest BCUT2D eigenvalue weighted by Gasteiger charge is 2.33. The standard InChI is InChI=1S/C21H26FN3O.ClH/c1-24(12-16-7-9-19(22)10-8-16)21(26)15-25-13-18(11-23)20(14-25)17-5-3-2-4-6-17;/h2-10,18,20H,11-15,23H2,1H3;1H/t18-,20+;/m1./s1. The number of benzene rings is 2. The third-order valence-electron chi connectivity index (χ3n) is 5.16. The Labute approximate surface area is 166 Å². The molecule has 27 heavy (non-hydrogen) atoms. The number of amides is 1. The molecule has 1 saturated heterocycles. The fourth-order valence-electron chi connectivity index (χ4n) is 3.67. The van der Waals surface area contributed by atoms with E-state index in [1.54, 1.807) is 24.1 Å². The van der Waals surface area contributed by atoms with Crippen molar-refractivity contribution < 1.29 is 9.18 Å². The van der Waals surface area contributed by atoms with Gasteiger partial charge in [0.15, 0.2) is 0 Å². The van der Waals surface area contributed by atoms with Crippen molar-refractivity contribution in [3.63, 3.8) is 0 Å². The molecule has 2 aromatic rings. The number of likely N-dealkylation sites (tertiary alicyclic amines) is 1. The molecule has 4 nitrogen and oxygen atoms in total. The lowest BCUT2D eigenvalue weighted by Crippen LogP contribution is -2.37. The Morgan fingerprint density at radius 1 is 1.15 bits per heavy atom. The van der Waals surface area contributed by atoms with E-state index in [0.717, 1.165) is 18.7 Å². The maximum absolute atomic E-state index is 13.0. The van der Waals surface area contributed by atoms with Gasteiger partial charge in [0.2, 0.25) is 5.91 Å². The van der Waals surface area contributed by atoms with Gasteiger partial charge in [-0.3, -0.25) is 9.69 Å². The summed E-state index contributed by atoms with van der Waals surface area (Å²) in [5.74, 6) is 0.544. The quantitative estimate of drug-likeness (QED) is 0.823. The zero-order chi connectivity index (χ0) is 18.5. The monoisotopic (exact) mass is 391 g/mol. The van der Waals surface area contributed by atoms with Crippen molar-refractivity contribution in [3.8, 4) is 0 Å². The van der Waals surface area contributed by atoms with Crippen molar-refractivity contribution in [1.82, 2.24) is 9.80 Å². The van der Waals surface area contributed by atoms with Crippen LogP contribution in [0.25, 0.3) is 0 Å². The van der Waals surface area contributed by atoms with Gasteiger partial charge < -0.3 is 10.6 Å². The topological polar surface area (TPSA) is 49.6 Å². The van der Waals surface area contributed by atoms with Gasteiger partial charge in [-0.2, -0.15) is 0 Å². The van der Waals surface area contributed by atoms with Crippen LogP contribution in [0, 0.1) is 11.7 Å². The number of rotatable bonds is 6. The van der Waals surface area contributed by atoms with Crippen molar-refractivity contribution in [2.45, 2.75) is 12.5 Å². The van der Waals surface area contributed by atoms with E-state index in [9.17, 15) is 9.18 Å². The molecule has 0 unspecified atom stereocenters. The van der Waals surface area contributed by atoms with Crippen LogP contribution in [0.5, 0.6) is 0 Å². The molecular weight excluding hydrogens is 365 g/mol. The molecule has 1 heterocycles. The highest BCUT2D eigenvalue weighted by molar-refractivity contribution is 5.85. The number of nitrogens with two attached hydrogens (primary N) is 1. The van der Waals surface area contributed by atoms with Gasteiger partial charge in [0, 0.05) is 32.6 Å². The second kappa shape index (κ2) is 9.83. The van der Waals surface area contributed by atoms with Crippen LogP contribution in [-0.4, -0.2) is 48.9 Å². The molecule has 3 rings (SSSR count). The summed E-state index contributed by atoms with van der Waals surface area (Å²) in [6.07, 6.45) is 0. The Morgan fingerprint density at radius 2 is 1.81 bits per heavy atom. The Hall–Kier alpha value is -1.95.